The summed E-state index contributed by atoms with van der Waals surface area (Å²) < 4.78 is 4.54. The van der Waals surface area contributed by atoms with Gasteiger partial charge in [-0.1, -0.05) is 32.1 Å². The Hall–Kier alpha value is -1.05. The number of rotatable bonds is 6. The molecule has 0 aliphatic heterocycles. The van der Waals surface area contributed by atoms with Gasteiger partial charge in [0.25, 0.3) is 0 Å². The number of ether oxygens (including phenoxy) is 1. The maximum absolute atomic E-state index is 10.7. The van der Waals surface area contributed by atoms with E-state index in [4.69, 9.17) is 0 Å². The topological polar surface area (TPSA) is 26.3 Å². The lowest BCUT2D eigenvalue weighted by atomic mass is 10.2. The number of carbonyl (C=O) groups is 1. The molecule has 0 aromatic carbocycles. The largest absolute Gasteiger partial charge is 0.435 e. The molecule has 0 aliphatic rings. The molecule has 0 atom stereocenters. The van der Waals surface area contributed by atoms with E-state index in [1.807, 2.05) is 6.08 Å². The van der Waals surface area contributed by atoms with Gasteiger partial charge in [0.1, 0.15) is 0 Å². The van der Waals surface area contributed by atoms with Crippen LogP contribution in [0.2, 0.25) is 0 Å². The van der Waals surface area contributed by atoms with Crippen molar-refractivity contribution in [3.63, 3.8) is 0 Å². The minimum atomic E-state index is -0.217. The summed E-state index contributed by atoms with van der Waals surface area (Å²) in [6.45, 7) is 5.42. The van der Waals surface area contributed by atoms with Gasteiger partial charge in [-0.3, -0.25) is 4.79 Å². The summed E-state index contributed by atoms with van der Waals surface area (Å²) in [6, 6.07) is 0. The lowest BCUT2D eigenvalue weighted by Crippen LogP contribution is -1.97. The first-order valence-corrected chi connectivity index (χ1v) is 4.26. The molecule has 0 bridgehead atoms. The van der Waals surface area contributed by atoms with Crippen molar-refractivity contribution in [2.75, 3.05) is 0 Å². The van der Waals surface area contributed by atoms with Gasteiger partial charge in [-0.15, -0.1) is 0 Å². The minimum absolute atomic E-state index is 0.217. The first-order valence-electron chi connectivity index (χ1n) is 4.26. The third kappa shape index (κ3) is 7.06. The lowest BCUT2D eigenvalue weighted by Gasteiger charge is -1.94. The summed E-state index contributed by atoms with van der Waals surface area (Å²) in [5.41, 5.74) is 0. The molecule has 0 aliphatic carbocycles. The molecular formula is C10H16O2. The van der Waals surface area contributed by atoms with E-state index in [-0.39, 0.29) is 5.97 Å². The second-order valence-corrected chi connectivity index (χ2v) is 2.46. The van der Waals surface area contributed by atoms with Crippen molar-refractivity contribution < 1.29 is 9.53 Å². The van der Waals surface area contributed by atoms with Crippen molar-refractivity contribution >= 4 is 5.97 Å². The molecule has 0 unspecified atom stereocenters. The standard InChI is InChI=1S/C10H16O2/c1-3-5-6-7-8-9-10(11)12-4-2/h4,6-7H,2-3,5,8-9H2,1H3/b7-6+. The molecule has 12 heavy (non-hydrogen) atoms. The van der Waals surface area contributed by atoms with Crippen LogP contribution in [0.5, 0.6) is 0 Å². The second kappa shape index (κ2) is 8.05. The Kier molecular flexibility index (Phi) is 7.35. The van der Waals surface area contributed by atoms with E-state index in [1.54, 1.807) is 0 Å². The smallest absolute Gasteiger partial charge is 0.310 e. The maximum Gasteiger partial charge on any atom is 0.310 e. The number of esters is 1. The highest BCUT2D eigenvalue weighted by atomic mass is 16.5. The van der Waals surface area contributed by atoms with Gasteiger partial charge in [-0.2, -0.15) is 0 Å². The van der Waals surface area contributed by atoms with Crippen LogP contribution < -0.4 is 0 Å². The number of hydrogen-bond donors (Lipinski definition) is 0. The Bertz CT molecular complexity index is 159. The van der Waals surface area contributed by atoms with Crippen LogP contribution in [-0.2, 0) is 9.53 Å². The van der Waals surface area contributed by atoms with Crippen LogP contribution in [0.1, 0.15) is 32.6 Å². The van der Waals surface area contributed by atoms with Crippen LogP contribution in [0.4, 0.5) is 0 Å². The van der Waals surface area contributed by atoms with Crippen LogP contribution in [0.25, 0.3) is 0 Å². The average Bonchev–Trinajstić information content (AvgIpc) is 2.05. The van der Waals surface area contributed by atoms with Crippen molar-refractivity contribution in [2.45, 2.75) is 32.6 Å². The number of allylic oxidation sites excluding steroid dienone is 2. The Balaban J connectivity index is 3.29. The molecule has 0 fully saturated rings. The predicted octanol–water partition coefficient (Wildman–Crippen LogP) is 2.81. The first-order chi connectivity index (χ1) is 5.81. The van der Waals surface area contributed by atoms with Crippen LogP contribution in [0, 0.1) is 0 Å². The molecule has 0 radical (unpaired) electrons. The summed E-state index contributed by atoms with van der Waals surface area (Å²) in [4.78, 5) is 10.7. The lowest BCUT2D eigenvalue weighted by molar-refractivity contribution is -0.137. The van der Waals surface area contributed by atoms with E-state index >= 15 is 0 Å². The highest BCUT2D eigenvalue weighted by Gasteiger charge is 1.96. The third-order valence-electron chi connectivity index (χ3n) is 1.35. The Labute approximate surface area is 73.9 Å². The molecule has 2 heteroatoms. The fourth-order valence-corrected chi connectivity index (χ4v) is 0.755. The molecule has 68 valence electrons. The van der Waals surface area contributed by atoms with Gasteiger partial charge in [0.2, 0.25) is 0 Å². The molecule has 0 N–H and O–H groups in total. The fraction of sp³-hybridized carbons (Fsp3) is 0.500. The highest BCUT2D eigenvalue weighted by molar-refractivity contribution is 5.70. The average molecular weight is 168 g/mol. The molecule has 0 aromatic heterocycles. The van der Waals surface area contributed by atoms with E-state index in [0.29, 0.717) is 6.42 Å². The fourth-order valence-electron chi connectivity index (χ4n) is 0.755. The van der Waals surface area contributed by atoms with Crippen LogP contribution in [0.3, 0.4) is 0 Å². The maximum atomic E-state index is 10.7. The zero-order chi connectivity index (χ0) is 9.23. The Morgan fingerprint density at radius 3 is 2.67 bits per heavy atom. The molecular weight excluding hydrogens is 152 g/mol. The minimum Gasteiger partial charge on any atom is -0.435 e. The Morgan fingerprint density at radius 1 is 1.42 bits per heavy atom. The number of unbranched alkanes of at least 4 members (excludes halogenated alkanes) is 1. The van der Waals surface area contributed by atoms with E-state index in [2.05, 4.69) is 24.3 Å². The molecule has 0 saturated carbocycles. The van der Waals surface area contributed by atoms with Crippen LogP contribution in [-0.4, -0.2) is 5.97 Å². The van der Waals surface area contributed by atoms with Gasteiger partial charge >= 0.3 is 5.97 Å². The molecule has 0 spiro atoms. The molecule has 0 saturated heterocycles. The summed E-state index contributed by atoms with van der Waals surface area (Å²) in [5.74, 6) is -0.217. The van der Waals surface area contributed by atoms with E-state index in [1.165, 1.54) is 0 Å². The first kappa shape index (κ1) is 11.0. The van der Waals surface area contributed by atoms with Crippen molar-refractivity contribution in [1.82, 2.24) is 0 Å². The van der Waals surface area contributed by atoms with Crippen molar-refractivity contribution in [3.05, 3.63) is 25.0 Å². The van der Waals surface area contributed by atoms with Gasteiger partial charge in [0.05, 0.1) is 6.26 Å². The van der Waals surface area contributed by atoms with Gasteiger partial charge in [0.15, 0.2) is 0 Å². The highest BCUT2D eigenvalue weighted by Crippen LogP contribution is 1.96. The van der Waals surface area contributed by atoms with E-state index in [9.17, 15) is 4.79 Å². The molecule has 0 heterocycles. The van der Waals surface area contributed by atoms with Gasteiger partial charge in [-0.05, 0) is 12.8 Å². The Morgan fingerprint density at radius 2 is 2.08 bits per heavy atom. The van der Waals surface area contributed by atoms with Gasteiger partial charge < -0.3 is 4.74 Å². The van der Waals surface area contributed by atoms with Crippen LogP contribution >= 0.6 is 0 Å². The second-order valence-electron chi connectivity index (χ2n) is 2.46. The predicted molar refractivity (Wildman–Crippen MR) is 49.6 cm³/mol. The zero-order valence-corrected chi connectivity index (χ0v) is 7.58. The monoisotopic (exact) mass is 168 g/mol. The SMILES string of the molecule is C=COC(=O)CC/C=C/CCC. The van der Waals surface area contributed by atoms with Gasteiger partial charge in [-0.25, -0.2) is 0 Å². The van der Waals surface area contributed by atoms with Gasteiger partial charge in [0, 0.05) is 6.42 Å². The summed E-state index contributed by atoms with van der Waals surface area (Å²) >= 11 is 0. The van der Waals surface area contributed by atoms with E-state index < -0.39 is 0 Å². The number of carbonyl (C=O) groups excluding carboxylic acids is 1. The summed E-state index contributed by atoms with van der Waals surface area (Å²) in [6.07, 6.45) is 8.68. The molecule has 0 rings (SSSR count). The molecule has 0 aromatic rings. The summed E-state index contributed by atoms with van der Waals surface area (Å²) in [7, 11) is 0. The van der Waals surface area contributed by atoms with E-state index in [0.717, 1.165) is 25.5 Å². The van der Waals surface area contributed by atoms with Crippen LogP contribution in [0.15, 0.2) is 25.0 Å². The normalized spacial score (nSPS) is 10.1. The summed E-state index contributed by atoms with van der Waals surface area (Å²) in [5, 5.41) is 0. The van der Waals surface area contributed by atoms with Crippen molar-refractivity contribution in [1.29, 1.82) is 0 Å². The van der Waals surface area contributed by atoms with Crippen molar-refractivity contribution in [2.24, 2.45) is 0 Å². The third-order valence-corrected chi connectivity index (χ3v) is 1.35. The molecule has 2 nitrogen and oxygen atoms in total. The van der Waals surface area contributed by atoms with Crippen molar-refractivity contribution in [3.8, 4) is 0 Å². The number of hydrogen-bond acceptors (Lipinski definition) is 2. The zero-order valence-electron chi connectivity index (χ0n) is 7.58. The molecule has 0 amide bonds. The quantitative estimate of drug-likeness (QED) is 0.346.